The Morgan fingerprint density at radius 2 is 1.48 bits per heavy atom. The van der Waals surface area contributed by atoms with Crippen molar-refractivity contribution in [1.82, 2.24) is 4.57 Å². The molecular formula is C33H34FKN2O5. The van der Waals surface area contributed by atoms with Crippen LogP contribution in [0.15, 0.2) is 84.9 Å². The standard InChI is InChI=1S/C33H35FN2O5.K/c1-21(2)31-30(33(41)35-25-11-7-4-8-12-25)29(22-9-5-3-6-10-22)32(23-13-15-24(34)16-14-23)36(31)18-17-26(37)19-27(38)20-28(39)40;/h3-16,21,26-27,37-38H,17-20H2,1-2H3,(H,35,41)(H,39,40);/q;+1/p-1/t26-,27-;/m1./s1. The van der Waals surface area contributed by atoms with E-state index in [9.17, 15) is 29.3 Å². The van der Waals surface area contributed by atoms with Gasteiger partial charge in [-0.05, 0) is 66.3 Å². The van der Waals surface area contributed by atoms with E-state index in [1.165, 1.54) is 12.1 Å². The number of carboxylic acid groups (broad SMARTS) is 1. The van der Waals surface area contributed by atoms with E-state index in [1.54, 1.807) is 24.3 Å². The van der Waals surface area contributed by atoms with Gasteiger partial charge in [-0.25, -0.2) is 4.39 Å². The second kappa shape index (κ2) is 15.7. The van der Waals surface area contributed by atoms with Crippen LogP contribution in [0.2, 0.25) is 0 Å². The largest absolute Gasteiger partial charge is 1.00 e. The maximum Gasteiger partial charge on any atom is 1.00 e. The number of amides is 1. The maximum absolute atomic E-state index is 14.0. The van der Waals surface area contributed by atoms with Gasteiger partial charge in [-0.2, -0.15) is 0 Å². The van der Waals surface area contributed by atoms with Gasteiger partial charge >= 0.3 is 51.4 Å². The fourth-order valence-corrected chi connectivity index (χ4v) is 5.19. The second-order valence-corrected chi connectivity index (χ2v) is 10.4. The van der Waals surface area contributed by atoms with E-state index in [0.717, 1.165) is 11.3 Å². The van der Waals surface area contributed by atoms with Crippen molar-refractivity contribution in [2.75, 3.05) is 5.32 Å². The van der Waals surface area contributed by atoms with Gasteiger partial charge in [0, 0.05) is 35.9 Å². The number of aliphatic carboxylic acids is 1. The quantitative estimate of drug-likeness (QED) is 0.217. The third-order valence-corrected chi connectivity index (χ3v) is 6.92. The summed E-state index contributed by atoms with van der Waals surface area (Å²) in [5.74, 6) is -2.20. The molecule has 1 aromatic heterocycles. The van der Waals surface area contributed by atoms with Crippen LogP contribution < -0.4 is 61.8 Å². The zero-order chi connectivity index (χ0) is 29.5. The first-order chi connectivity index (χ1) is 19.7. The number of rotatable bonds is 12. The number of carbonyl (C=O) groups is 2. The van der Waals surface area contributed by atoms with Crippen LogP contribution in [-0.2, 0) is 11.3 Å². The van der Waals surface area contributed by atoms with E-state index in [0.29, 0.717) is 28.1 Å². The summed E-state index contributed by atoms with van der Waals surface area (Å²) in [6.45, 7) is 4.22. The Hall–Kier alpha value is -2.63. The van der Waals surface area contributed by atoms with E-state index in [-0.39, 0.29) is 82.6 Å². The minimum Gasteiger partial charge on any atom is -0.550 e. The molecule has 0 aliphatic heterocycles. The number of aliphatic hydroxyl groups excluding tert-OH is 2. The summed E-state index contributed by atoms with van der Waals surface area (Å²) in [4.78, 5) is 24.9. The van der Waals surface area contributed by atoms with Gasteiger partial charge < -0.3 is 30.0 Å². The van der Waals surface area contributed by atoms with Gasteiger partial charge in [0.25, 0.3) is 5.91 Å². The first-order valence-electron chi connectivity index (χ1n) is 13.7. The van der Waals surface area contributed by atoms with Crippen LogP contribution in [-0.4, -0.2) is 38.9 Å². The predicted molar refractivity (Wildman–Crippen MR) is 155 cm³/mol. The number of aromatic nitrogens is 1. The Kier molecular flexibility index (Phi) is 12.7. The molecule has 0 aliphatic carbocycles. The molecule has 0 radical (unpaired) electrons. The zero-order valence-corrected chi connectivity index (χ0v) is 27.2. The van der Waals surface area contributed by atoms with Crippen LogP contribution in [0.3, 0.4) is 0 Å². The van der Waals surface area contributed by atoms with Crippen LogP contribution in [0.25, 0.3) is 22.4 Å². The van der Waals surface area contributed by atoms with Crippen molar-refractivity contribution in [3.05, 3.63) is 102 Å². The number of hydrogen-bond acceptors (Lipinski definition) is 5. The van der Waals surface area contributed by atoms with Gasteiger partial charge in [-0.3, -0.25) is 4.79 Å². The van der Waals surface area contributed by atoms with Crippen LogP contribution in [0.5, 0.6) is 0 Å². The second-order valence-electron chi connectivity index (χ2n) is 10.4. The Morgan fingerprint density at radius 1 is 0.881 bits per heavy atom. The molecule has 0 saturated carbocycles. The average Bonchev–Trinajstić information content (AvgIpc) is 3.28. The van der Waals surface area contributed by atoms with Crippen molar-refractivity contribution in [1.29, 1.82) is 0 Å². The Morgan fingerprint density at radius 3 is 2.05 bits per heavy atom. The Balaban J connectivity index is 0.00000484. The number of carboxylic acids is 1. The SMILES string of the molecule is CC(C)c1c(C(=O)Nc2ccccc2)c(-c2ccccc2)c(-c2ccc(F)cc2)n1CC[C@@H](O)C[C@@H](O)CC(=O)[O-].[K+]. The number of hydrogen-bond donors (Lipinski definition) is 3. The van der Waals surface area contributed by atoms with Crippen molar-refractivity contribution >= 4 is 17.6 Å². The zero-order valence-electron chi connectivity index (χ0n) is 24.1. The summed E-state index contributed by atoms with van der Waals surface area (Å²) < 4.78 is 16.0. The molecule has 0 fully saturated rings. The summed E-state index contributed by atoms with van der Waals surface area (Å²) in [6, 6.07) is 24.7. The van der Waals surface area contributed by atoms with Crippen LogP contribution in [0, 0.1) is 5.82 Å². The monoisotopic (exact) mass is 596 g/mol. The number of para-hydroxylation sites is 1. The van der Waals surface area contributed by atoms with Gasteiger partial charge in [0.2, 0.25) is 0 Å². The van der Waals surface area contributed by atoms with E-state index < -0.39 is 30.4 Å². The van der Waals surface area contributed by atoms with E-state index >= 15 is 0 Å². The molecule has 0 bridgehead atoms. The third kappa shape index (κ3) is 8.47. The minimum absolute atomic E-state index is 0. The van der Waals surface area contributed by atoms with E-state index in [2.05, 4.69) is 5.32 Å². The molecule has 4 aromatic rings. The molecule has 214 valence electrons. The van der Waals surface area contributed by atoms with Crippen molar-refractivity contribution in [3.8, 4) is 22.4 Å². The molecular weight excluding hydrogens is 562 g/mol. The molecule has 1 amide bonds. The molecule has 7 nitrogen and oxygen atoms in total. The summed E-state index contributed by atoms with van der Waals surface area (Å²) in [7, 11) is 0. The molecule has 0 saturated heterocycles. The first-order valence-corrected chi connectivity index (χ1v) is 13.7. The number of benzene rings is 3. The van der Waals surface area contributed by atoms with Crippen LogP contribution in [0.4, 0.5) is 10.1 Å². The van der Waals surface area contributed by atoms with Gasteiger partial charge in [-0.1, -0.05) is 62.4 Å². The molecule has 42 heavy (non-hydrogen) atoms. The fraction of sp³-hybridized carbons (Fsp3) is 0.273. The molecule has 3 N–H and O–H groups in total. The number of carbonyl (C=O) groups excluding carboxylic acids is 2. The smallest absolute Gasteiger partial charge is 0.550 e. The number of nitrogens with one attached hydrogen (secondary N) is 1. The van der Waals surface area contributed by atoms with Gasteiger partial charge in [-0.15, -0.1) is 0 Å². The normalized spacial score (nSPS) is 12.4. The maximum atomic E-state index is 14.0. The third-order valence-electron chi connectivity index (χ3n) is 6.92. The molecule has 1 heterocycles. The fourth-order valence-electron chi connectivity index (χ4n) is 5.19. The first kappa shape index (κ1) is 33.9. The van der Waals surface area contributed by atoms with E-state index in [1.807, 2.05) is 66.9 Å². The average molecular weight is 597 g/mol. The van der Waals surface area contributed by atoms with Crippen molar-refractivity contribution < 1.29 is 80.7 Å². The number of halogens is 1. The molecule has 0 spiro atoms. The van der Waals surface area contributed by atoms with Crippen molar-refractivity contribution in [2.45, 2.75) is 57.8 Å². The molecule has 3 aromatic carbocycles. The summed E-state index contributed by atoms with van der Waals surface area (Å²) >= 11 is 0. The molecule has 9 heteroatoms. The minimum atomic E-state index is -1.39. The predicted octanol–water partition coefficient (Wildman–Crippen LogP) is 1.98. The van der Waals surface area contributed by atoms with Crippen LogP contribution >= 0.6 is 0 Å². The van der Waals surface area contributed by atoms with Crippen molar-refractivity contribution in [2.24, 2.45) is 0 Å². The number of nitrogens with zero attached hydrogens (tertiary/aromatic N) is 1. The van der Waals surface area contributed by atoms with Gasteiger partial charge in [0.1, 0.15) is 5.82 Å². The topological polar surface area (TPSA) is 115 Å². The molecule has 2 atom stereocenters. The Bertz CT molecular complexity index is 1470. The van der Waals surface area contributed by atoms with E-state index in [4.69, 9.17) is 0 Å². The van der Waals surface area contributed by atoms with Crippen molar-refractivity contribution in [3.63, 3.8) is 0 Å². The molecule has 0 aliphatic rings. The molecule has 0 unspecified atom stereocenters. The summed E-state index contributed by atoms with van der Waals surface area (Å²) in [5.41, 5.74) is 4.72. The number of anilines is 1. The van der Waals surface area contributed by atoms with Gasteiger partial charge in [0.05, 0.1) is 23.5 Å². The summed E-state index contributed by atoms with van der Waals surface area (Å²) in [5, 5.41) is 34.6. The summed E-state index contributed by atoms with van der Waals surface area (Å²) in [6.07, 6.45) is -2.77. The van der Waals surface area contributed by atoms with Crippen LogP contribution in [0.1, 0.15) is 55.1 Å². The van der Waals surface area contributed by atoms with Gasteiger partial charge in [0.15, 0.2) is 0 Å². The number of aliphatic hydroxyl groups is 2. The Labute approximate surface area is 287 Å². The molecule has 4 rings (SSSR count).